The Morgan fingerprint density at radius 1 is 1.18 bits per heavy atom. The number of rotatable bonds is 5. The zero-order chi connectivity index (χ0) is 20.3. The van der Waals surface area contributed by atoms with E-state index in [0.29, 0.717) is 29.2 Å². The van der Waals surface area contributed by atoms with Gasteiger partial charge >= 0.3 is 0 Å². The number of hydrogen-bond acceptors (Lipinski definition) is 5. The van der Waals surface area contributed by atoms with Crippen molar-refractivity contribution in [2.24, 2.45) is 11.1 Å². The van der Waals surface area contributed by atoms with Gasteiger partial charge in [0.15, 0.2) is 5.69 Å². The summed E-state index contributed by atoms with van der Waals surface area (Å²) in [6.45, 7) is 6.64. The van der Waals surface area contributed by atoms with Crippen LogP contribution in [-0.2, 0) is 0 Å². The summed E-state index contributed by atoms with van der Waals surface area (Å²) < 4.78 is 1.60. The second kappa shape index (κ2) is 7.59. The number of nitrogens with two attached hydrogens (primary N) is 1. The highest BCUT2D eigenvalue weighted by molar-refractivity contribution is 5.94. The first-order chi connectivity index (χ1) is 13.2. The molecule has 0 radical (unpaired) electrons. The normalized spacial score (nSPS) is 11.2. The molecular weight excluding hydrogens is 356 g/mol. The summed E-state index contributed by atoms with van der Waals surface area (Å²) in [4.78, 5) is 32.3. The van der Waals surface area contributed by atoms with E-state index in [9.17, 15) is 9.59 Å². The van der Waals surface area contributed by atoms with Gasteiger partial charge in [-0.2, -0.15) is 5.10 Å². The molecule has 0 fully saturated rings. The Labute approximate surface area is 162 Å². The van der Waals surface area contributed by atoms with Gasteiger partial charge in [-0.05, 0) is 35.7 Å². The minimum absolute atomic E-state index is 0.0451. The molecule has 3 aromatic heterocycles. The Bertz CT molecular complexity index is 988. The van der Waals surface area contributed by atoms with Gasteiger partial charge in [0.1, 0.15) is 0 Å². The number of amides is 2. The first kappa shape index (κ1) is 19.2. The molecule has 144 valence electrons. The molecule has 0 aliphatic carbocycles. The molecule has 0 bridgehead atoms. The molecular formula is C20H22N6O2. The third-order valence-corrected chi connectivity index (χ3v) is 3.92. The highest BCUT2D eigenvalue weighted by atomic mass is 16.2. The van der Waals surface area contributed by atoms with E-state index >= 15 is 0 Å². The lowest BCUT2D eigenvalue weighted by Crippen LogP contribution is -2.32. The van der Waals surface area contributed by atoms with Gasteiger partial charge in [0.2, 0.25) is 5.91 Å². The van der Waals surface area contributed by atoms with Crippen molar-refractivity contribution in [3.05, 3.63) is 60.2 Å². The monoisotopic (exact) mass is 378 g/mol. The summed E-state index contributed by atoms with van der Waals surface area (Å²) in [6.07, 6.45) is 4.70. The van der Waals surface area contributed by atoms with Gasteiger partial charge in [-0.15, -0.1) is 0 Å². The topological polar surface area (TPSA) is 116 Å². The number of pyridine rings is 2. The van der Waals surface area contributed by atoms with E-state index in [1.165, 1.54) is 6.20 Å². The van der Waals surface area contributed by atoms with E-state index in [0.717, 1.165) is 0 Å². The van der Waals surface area contributed by atoms with Crippen LogP contribution in [0.2, 0.25) is 0 Å². The lowest BCUT2D eigenvalue weighted by atomic mass is 9.97. The van der Waals surface area contributed by atoms with Crippen LogP contribution in [0.25, 0.3) is 17.1 Å². The van der Waals surface area contributed by atoms with E-state index in [1.54, 1.807) is 41.3 Å². The molecule has 0 saturated carbocycles. The second-order valence-electron chi connectivity index (χ2n) is 7.58. The van der Waals surface area contributed by atoms with Crippen molar-refractivity contribution >= 4 is 11.8 Å². The maximum Gasteiger partial charge on any atom is 0.271 e. The number of carbonyl (C=O) groups is 2. The maximum absolute atomic E-state index is 12.6. The number of nitrogens with zero attached hydrogens (tertiary/aromatic N) is 4. The molecule has 3 heterocycles. The summed E-state index contributed by atoms with van der Waals surface area (Å²) in [5, 5.41) is 7.34. The van der Waals surface area contributed by atoms with Crippen molar-refractivity contribution < 1.29 is 9.59 Å². The van der Waals surface area contributed by atoms with Crippen LogP contribution in [0.3, 0.4) is 0 Å². The van der Waals surface area contributed by atoms with E-state index in [4.69, 9.17) is 5.73 Å². The molecule has 3 aromatic rings. The zero-order valence-corrected chi connectivity index (χ0v) is 16.0. The Balaban J connectivity index is 2.01. The molecule has 0 aliphatic rings. The molecule has 0 spiro atoms. The number of hydrogen-bond donors (Lipinski definition) is 2. The van der Waals surface area contributed by atoms with E-state index in [2.05, 4.69) is 20.4 Å². The van der Waals surface area contributed by atoms with Gasteiger partial charge in [-0.25, -0.2) is 4.68 Å². The largest absolute Gasteiger partial charge is 0.366 e. The summed E-state index contributed by atoms with van der Waals surface area (Å²) >= 11 is 0. The summed E-state index contributed by atoms with van der Waals surface area (Å²) in [5.74, 6) is -0.824. The second-order valence-corrected chi connectivity index (χ2v) is 7.58. The van der Waals surface area contributed by atoms with Crippen LogP contribution in [0.4, 0.5) is 0 Å². The molecule has 0 aromatic carbocycles. The van der Waals surface area contributed by atoms with Crippen LogP contribution in [0.15, 0.2) is 48.9 Å². The van der Waals surface area contributed by atoms with Crippen LogP contribution in [0.1, 0.15) is 41.6 Å². The average molecular weight is 378 g/mol. The Morgan fingerprint density at radius 3 is 2.54 bits per heavy atom. The van der Waals surface area contributed by atoms with Gasteiger partial charge in [0, 0.05) is 18.9 Å². The van der Waals surface area contributed by atoms with Crippen LogP contribution in [0.5, 0.6) is 0 Å². The fraction of sp³-hybridized carbons (Fsp3) is 0.250. The fourth-order valence-corrected chi connectivity index (χ4v) is 2.48. The third-order valence-electron chi connectivity index (χ3n) is 3.92. The predicted octanol–water partition coefficient (Wildman–Crippen LogP) is 2.20. The Morgan fingerprint density at radius 2 is 1.96 bits per heavy atom. The Kier molecular flexibility index (Phi) is 5.21. The molecule has 0 atom stereocenters. The van der Waals surface area contributed by atoms with Crippen molar-refractivity contribution in [2.45, 2.75) is 20.8 Å². The molecule has 2 amide bonds. The van der Waals surface area contributed by atoms with E-state index in [-0.39, 0.29) is 17.0 Å². The Hall–Kier alpha value is -3.55. The smallest absolute Gasteiger partial charge is 0.271 e. The first-order valence-electron chi connectivity index (χ1n) is 8.79. The fourth-order valence-electron chi connectivity index (χ4n) is 2.48. The highest BCUT2D eigenvalue weighted by Gasteiger charge is 2.19. The quantitative estimate of drug-likeness (QED) is 0.706. The lowest BCUT2D eigenvalue weighted by Gasteiger charge is -2.18. The van der Waals surface area contributed by atoms with Gasteiger partial charge in [0.25, 0.3) is 5.91 Å². The molecule has 28 heavy (non-hydrogen) atoms. The first-order valence-corrected chi connectivity index (χ1v) is 8.79. The van der Waals surface area contributed by atoms with Crippen LogP contribution in [0, 0.1) is 5.41 Å². The van der Waals surface area contributed by atoms with Crippen LogP contribution >= 0.6 is 0 Å². The molecule has 3 rings (SSSR count). The average Bonchev–Trinajstić information content (AvgIpc) is 3.12. The maximum atomic E-state index is 12.6. The zero-order valence-electron chi connectivity index (χ0n) is 16.0. The van der Waals surface area contributed by atoms with Crippen molar-refractivity contribution in [1.29, 1.82) is 0 Å². The predicted molar refractivity (Wildman–Crippen MR) is 105 cm³/mol. The SMILES string of the molecule is CC(C)(C)CNC(=O)c1cc(-c2ccc(C(N)=O)cn2)n(-c2cccnc2)n1. The molecule has 8 nitrogen and oxygen atoms in total. The standard InChI is InChI=1S/C20H22N6O2/c1-20(2,3)12-24-19(28)16-9-17(15-7-6-13(10-23-15)18(21)27)26(25-16)14-5-4-8-22-11-14/h4-11H,12H2,1-3H3,(H2,21,27)(H,24,28). The van der Waals surface area contributed by atoms with Gasteiger partial charge in [-0.3, -0.25) is 19.6 Å². The minimum Gasteiger partial charge on any atom is -0.366 e. The van der Waals surface area contributed by atoms with E-state index < -0.39 is 5.91 Å². The van der Waals surface area contributed by atoms with Crippen molar-refractivity contribution in [2.75, 3.05) is 6.54 Å². The van der Waals surface area contributed by atoms with Crippen molar-refractivity contribution in [1.82, 2.24) is 25.1 Å². The molecule has 0 unspecified atom stereocenters. The minimum atomic E-state index is -0.554. The third kappa shape index (κ3) is 4.40. The van der Waals surface area contributed by atoms with Gasteiger partial charge in [-0.1, -0.05) is 20.8 Å². The van der Waals surface area contributed by atoms with Crippen molar-refractivity contribution in [3.63, 3.8) is 0 Å². The lowest BCUT2D eigenvalue weighted by molar-refractivity contribution is 0.0933. The molecule has 3 N–H and O–H groups in total. The highest BCUT2D eigenvalue weighted by Crippen LogP contribution is 2.22. The van der Waals surface area contributed by atoms with Gasteiger partial charge in [0.05, 0.1) is 28.8 Å². The van der Waals surface area contributed by atoms with Crippen molar-refractivity contribution in [3.8, 4) is 17.1 Å². The molecule has 0 saturated heterocycles. The number of primary amides is 1. The van der Waals surface area contributed by atoms with Crippen LogP contribution in [-0.4, -0.2) is 38.1 Å². The summed E-state index contributed by atoms with van der Waals surface area (Å²) in [7, 11) is 0. The number of nitrogens with one attached hydrogen (secondary N) is 1. The summed E-state index contributed by atoms with van der Waals surface area (Å²) in [6, 6.07) is 8.53. The molecule has 8 heteroatoms. The van der Waals surface area contributed by atoms with E-state index in [1.807, 2.05) is 26.8 Å². The van der Waals surface area contributed by atoms with Gasteiger partial charge < -0.3 is 11.1 Å². The molecule has 0 aliphatic heterocycles. The summed E-state index contributed by atoms with van der Waals surface area (Å²) in [5.41, 5.74) is 7.65. The van der Waals surface area contributed by atoms with Crippen LogP contribution < -0.4 is 11.1 Å². The number of carbonyl (C=O) groups excluding carboxylic acids is 2. The number of aromatic nitrogens is 4.